The van der Waals surface area contributed by atoms with Crippen molar-refractivity contribution >= 4 is 29.1 Å². The molecule has 0 spiro atoms. The minimum Gasteiger partial charge on any atom is -0.493 e. The number of hydrogen-bond acceptors (Lipinski definition) is 3. The minimum absolute atomic E-state index is 0.0868. The Bertz CT molecular complexity index is 781. The van der Waals surface area contributed by atoms with Crippen LogP contribution in [-0.2, 0) is 6.18 Å². The Hall–Kier alpha value is -2.48. The summed E-state index contributed by atoms with van der Waals surface area (Å²) in [6, 6.07) is 5.61. The Morgan fingerprint density at radius 2 is 2.00 bits per heavy atom. The number of carbonyl (C=O) groups is 1. The van der Waals surface area contributed by atoms with E-state index in [4.69, 9.17) is 22.1 Å². The van der Waals surface area contributed by atoms with Crippen molar-refractivity contribution in [2.75, 3.05) is 12.0 Å². The van der Waals surface area contributed by atoms with E-state index in [1.54, 1.807) is 0 Å². The van der Waals surface area contributed by atoms with Gasteiger partial charge < -0.3 is 10.5 Å². The molecule has 0 unspecified atom stereocenters. The van der Waals surface area contributed by atoms with Crippen LogP contribution in [0.1, 0.15) is 11.3 Å². The van der Waals surface area contributed by atoms with Crippen LogP contribution in [0.2, 0.25) is 5.02 Å². The number of benzene rings is 1. The zero-order valence-electron chi connectivity index (χ0n) is 12.7. The lowest BCUT2D eigenvalue weighted by Gasteiger charge is -2.23. The number of aryl methyl sites for hydroxylation is 1. The number of nitrogens with zero attached hydrogens (tertiary/aromatic N) is 2. The molecule has 5 nitrogen and oxygen atoms in total. The fourth-order valence-electron chi connectivity index (χ4n) is 2.14. The predicted molar refractivity (Wildman–Crippen MR) is 83.7 cm³/mol. The number of primary amides is 1. The molecule has 0 radical (unpaired) electrons. The average molecular weight is 360 g/mol. The number of methoxy groups -OCH3 is 1. The number of anilines is 2. The molecule has 1 aromatic heterocycles. The fraction of sp³-hybridized carbons (Fsp3) is 0.200. The number of nitrogens with two attached hydrogens (primary N) is 1. The van der Waals surface area contributed by atoms with Gasteiger partial charge in [0.15, 0.2) is 5.75 Å². The van der Waals surface area contributed by atoms with Crippen molar-refractivity contribution in [2.24, 2.45) is 5.73 Å². The first-order valence-corrected chi connectivity index (χ1v) is 7.01. The zero-order valence-corrected chi connectivity index (χ0v) is 13.4. The Morgan fingerprint density at radius 3 is 2.54 bits per heavy atom. The van der Waals surface area contributed by atoms with Crippen LogP contribution in [0.5, 0.6) is 5.75 Å². The molecule has 2 N–H and O–H groups in total. The van der Waals surface area contributed by atoms with E-state index in [1.165, 1.54) is 38.3 Å². The number of pyridine rings is 1. The topological polar surface area (TPSA) is 68.5 Å². The molecule has 0 saturated carbocycles. The second-order valence-electron chi connectivity index (χ2n) is 4.85. The van der Waals surface area contributed by atoms with E-state index in [0.717, 1.165) is 11.0 Å². The van der Waals surface area contributed by atoms with Gasteiger partial charge in [-0.1, -0.05) is 17.7 Å². The summed E-state index contributed by atoms with van der Waals surface area (Å²) in [6.45, 7) is 1.45. The van der Waals surface area contributed by atoms with Gasteiger partial charge in [-0.15, -0.1) is 0 Å². The van der Waals surface area contributed by atoms with Crippen molar-refractivity contribution in [1.82, 2.24) is 4.98 Å². The SMILES string of the molecule is COc1c(Cl)cccc1N(C(N)=O)c1cc(C)cc(C(F)(F)F)n1. The van der Waals surface area contributed by atoms with Crippen molar-refractivity contribution in [1.29, 1.82) is 0 Å². The predicted octanol–water partition coefficient (Wildman–Crippen LogP) is 4.29. The summed E-state index contributed by atoms with van der Waals surface area (Å²) in [6.07, 6.45) is -4.66. The fourth-order valence-corrected chi connectivity index (χ4v) is 2.39. The highest BCUT2D eigenvalue weighted by Crippen LogP contribution is 2.39. The van der Waals surface area contributed by atoms with Gasteiger partial charge in [0, 0.05) is 0 Å². The maximum absolute atomic E-state index is 13.0. The molecule has 0 aliphatic rings. The van der Waals surface area contributed by atoms with Gasteiger partial charge in [0.2, 0.25) is 0 Å². The monoisotopic (exact) mass is 359 g/mol. The molecule has 2 aromatic rings. The molecular weight excluding hydrogens is 347 g/mol. The van der Waals surface area contributed by atoms with E-state index in [-0.39, 0.29) is 27.8 Å². The molecule has 2 amide bonds. The maximum atomic E-state index is 13.0. The summed E-state index contributed by atoms with van der Waals surface area (Å²) in [5.41, 5.74) is 4.57. The van der Waals surface area contributed by atoms with E-state index >= 15 is 0 Å². The molecule has 0 fully saturated rings. The Balaban J connectivity index is 2.68. The molecule has 9 heteroatoms. The minimum atomic E-state index is -4.66. The van der Waals surface area contributed by atoms with Crippen molar-refractivity contribution < 1.29 is 22.7 Å². The van der Waals surface area contributed by atoms with E-state index in [2.05, 4.69) is 4.98 Å². The van der Waals surface area contributed by atoms with Crippen molar-refractivity contribution in [2.45, 2.75) is 13.1 Å². The van der Waals surface area contributed by atoms with Crippen molar-refractivity contribution in [3.05, 3.63) is 46.6 Å². The third kappa shape index (κ3) is 3.53. The first-order valence-electron chi connectivity index (χ1n) is 6.63. The number of urea groups is 1. The van der Waals surface area contributed by atoms with E-state index in [9.17, 15) is 18.0 Å². The number of carbonyl (C=O) groups excluding carboxylic acids is 1. The molecule has 128 valence electrons. The van der Waals surface area contributed by atoms with Crippen LogP contribution in [0.3, 0.4) is 0 Å². The number of halogens is 4. The standard InChI is InChI=1S/C15H13ClF3N3O2/c1-8-6-11(15(17,18)19)21-12(7-8)22(14(20)23)10-5-3-4-9(16)13(10)24-2/h3-7H,1-2H3,(H2,20,23). The molecule has 0 bridgehead atoms. The smallest absolute Gasteiger partial charge is 0.433 e. The van der Waals surface area contributed by atoms with Gasteiger partial charge in [-0.05, 0) is 36.8 Å². The summed E-state index contributed by atoms with van der Waals surface area (Å²) < 4.78 is 44.1. The van der Waals surface area contributed by atoms with Crippen LogP contribution in [0.25, 0.3) is 0 Å². The van der Waals surface area contributed by atoms with Crippen LogP contribution in [0, 0.1) is 6.92 Å². The highest BCUT2D eigenvalue weighted by atomic mass is 35.5. The number of ether oxygens (including phenoxy) is 1. The summed E-state index contributed by atoms with van der Waals surface area (Å²) >= 11 is 6.00. The number of para-hydroxylation sites is 1. The van der Waals surface area contributed by atoms with Crippen LogP contribution < -0.4 is 15.4 Å². The second-order valence-corrected chi connectivity index (χ2v) is 5.26. The number of hydrogen-bond donors (Lipinski definition) is 1. The van der Waals surface area contributed by atoms with Gasteiger partial charge in [0.25, 0.3) is 0 Å². The summed E-state index contributed by atoms with van der Waals surface area (Å²) in [5, 5.41) is 0.171. The largest absolute Gasteiger partial charge is 0.493 e. The zero-order chi connectivity index (χ0) is 18.1. The third-order valence-electron chi connectivity index (χ3n) is 3.09. The third-order valence-corrected chi connectivity index (χ3v) is 3.38. The lowest BCUT2D eigenvalue weighted by molar-refractivity contribution is -0.141. The molecule has 0 saturated heterocycles. The highest BCUT2D eigenvalue weighted by molar-refractivity contribution is 6.32. The molecular formula is C15H13ClF3N3O2. The second kappa shape index (κ2) is 6.56. The average Bonchev–Trinajstić information content (AvgIpc) is 2.46. The lowest BCUT2D eigenvalue weighted by Crippen LogP contribution is -2.33. The Morgan fingerprint density at radius 1 is 1.33 bits per heavy atom. The van der Waals surface area contributed by atoms with E-state index < -0.39 is 17.9 Å². The molecule has 1 aromatic carbocycles. The van der Waals surface area contributed by atoms with Crippen LogP contribution >= 0.6 is 11.6 Å². The van der Waals surface area contributed by atoms with Crippen molar-refractivity contribution in [3.8, 4) is 5.75 Å². The summed E-state index contributed by atoms with van der Waals surface area (Å²) in [5.74, 6) is -0.190. The first-order chi connectivity index (χ1) is 11.1. The van der Waals surface area contributed by atoms with E-state index in [1.807, 2.05) is 0 Å². The van der Waals surface area contributed by atoms with Gasteiger partial charge in [-0.2, -0.15) is 13.2 Å². The molecule has 0 atom stereocenters. The lowest BCUT2D eigenvalue weighted by atomic mass is 10.2. The molecule has 2 rings (SSSR count). The van der Waals surface area contributed by atoms with Gasteiger partial charge >= 0.3 is 12.2 Å². The number of amides is 2. The number of aromatic nitrogens is 1. The maximum Gasteiger partial charge on any atom is 0.433 e. The Labute approximate surface area is 140 Å². The van der Waals surface area contributed by atoms with Gasteiger partial charge in [-0.25, -0.2) is 14.7 Å². The quantitative estimate of drug-likeness (QED) is 0.889. The van der Waals surface area contributed by atoms with E-state index in [0.29, 0.717) is 0 Å². The van der Waals surface area contributed by atoms with Crippen LogP contribution in [0.4, 0.5) is 29.5 Å². The molecule has 1 heterocycles. The normalized spacial score (nSPS) is 11.2. The first kappa shape index (κ1) is 17.9. The highest BCUT2D eigenvalue weighted by Gasteiger charge is 2.34. The van der Waals surface area contributed by atoms with Crippen LogP contribution in [-0.4, -0.2) is 18.1 Å². The number of rotatable bonds is 3. The molecule has 0 aliphatic carbocycles. The summed E-state index contributed by atoms with van der Waals surface area (Å²) in [4.78, 5) is 16.2. The van der Waals surface area contributed by atoms with Gasteiger partial charge in [0.1, 0.15) is 11.5 Å². The van der Waals surface area contributed by atoms with Gasteiger partial charge in [0.05, 0.1) is 17.8 Å². The van der Waals surface area contributed by atoms with Gasteiger partial charge in [-0.3, -0.25) is 0 Å². The summed E-state index contributed by atoms with van der Waals surface area (Å²) in [7, 11) is 1.31. The molecule has 24 heavy (non-hydrogen) atoms. The molecule has 0 aliphatic heterocycles. The number of alkyl halides is 3. The van der Waals surface area contributed by atoms with Crippen molar-refractivity contribution in [3.63, 3.8) is 0 Å². The van der Waals surface area contributed by atoms with Crippen LogP contribution in [0.15, 0.2) is 30.3 Å². The Kier molecular flexibility index (Phi) is 4.88.